The lowest BCUT2D eigenvalue weighted by molar-refractivity contribution is -0.133. The van der Waals surface area contributed by atoms with Crippen LogP contribution in [0.3, 0.4) is 0 Å². The highest BCUT2D eigenvalue weighted by atomic mass is 16.2. The first-order valence-corrected chi connectivity index (χ1v) is 10.4. The largest absolute Gasteiger partial charge is 0.351 e. The van der Waals surface area contributed by atoms with Crippen molar-refractivity contribution in [2.45, 2.75) is 13.8 Å². The molecular weight excluding hydrogens is 396 g/mol. The third-order valence-electron chi connectivity index (χ3n) is 6.34. The molecule has 2 aromatic rings. The highest BCUT2D eigenvalue weighted by Crippen LogP contribution is 2.22. The minimum Gasteiger partial charge on any atom is -0.351 e. The summed E-state index contributed by atoms with van der Waals surface area (Å²) in [6, 6.07) is 8.53. The minimum absolute atomic E-state index is 0.0759. The van der Waals surface area contributed by atoms with E-state index in [-0.39, 0.29) is 18.2 Å². The molecule has 3 amide bonds. The monoisotopic (exact) mass is 422 g/mol. The summed E-state index contributed by atoms with van der Waals surface area (Å²) < 4.78 is 2.00. The fourth-order valence-electron chi connectivity index (χ4n) is 4.20. The Morgan fingerprint density at radius 1 is 0.903 bits per heavy atom. The number of carbonyl (C=O) groups excluding carboxylic acids is 4. The summed E-state index contributed by atoms with van der Waals surface area (Å²) in [5.41, 5.74) is 3.43. The number of piperazine rings is 1. The number of Topliss-reactive ketones (excluding diaryl/α,β-unsaturated/α-hetero) is 1. The lowest BCUT2D eigenvalue weighted by Crippen LogP contribution is -2.52. The summed E-state index contributed by atoms with van der Waals surface area (Å²) in [6.07, 6.45) is 0. The summed E-state index contributed by atoms with van der Waals surface area (Å²) in [5, 5.41) is 0. The van der Waals surface area contributed by atoms with Crippen molar-refractivity contribution in [2.75, 3.05) is 39.3 Å². The van der Waals surface area contributed by atoms with Gasteiger partial charge in [-0.25, -0.2) is 0 Å². The molecule has 0 bridgehead atoms. The Morgan fingerprint density at radius 3 is 2.00 bits per heavy atom. The van der Waals surface area contributed by atoms with E-state index in [0.29, 0.717) is 43.9 Å². The molecule has 1 saturated heterocycles. The van der Waals surface area contributed by atoms with Gasteiger partial charge in [0.05, 0.1) is 17.7 Å². The number of imide groups is 1. The Labute approximate surface area is 181 Å². The molecule has 1 aromatic heterocycles. The van der Waals surface area contributed by atoms with Gasteiger partial charge in [-0.3, -0.25) is 29.0 Å². The van der Waals surface area contributed by atoms with Crippen LogP contribution in [0.4, 0.5) is 0 Å². The molecule has 0 saturated carbocycles. The second kappa shape index (κ2) is 8.11. The first-order valence-electron chi connectivity index (χ1n) is 10.4. The van der Waals surface area contributed by atoms with Crippen LogP contribution in [0.1, 0.15) is 42.5 Å². The molecule has 0 atom stereocenters. The van der Waals surface area contributed by atoms with E-state index in [2.05, 4.69) is 0 Å². The van der Waals surface area contributed by atoms with Gasteiger partial charge in [-0.2, -0.15) is 0 Å². The molecule has 0 spiro atoms. The second-order valence-corrected chi connectivity index (χ2v) is 8.17. The van der Waals surface area contributed by atoms with Crippen molar-refractivity contribution in [2.24, 2.45) is 7.05 Å². The van der Waals surface area contributed by atoms with E-state index in [0.717, 1.165) is 21.9 Å². The molecule has 1 aromatic carbocycles. The molecular formula is C23H26N4O4. The van der Waals surface area contributed by atoms with Gasteiger partial charge >= 0.3 is 0 Å². The van der Waals surface area contributed by atoms with Crippen molar-refractivity contribution < 1.29 is 19.2 Å². The van der Waals surface area contributed by atoms with Crippen LogP contribution in [0.25, 0.3) is 0 Å². The van der Waals surface area contributed by atoms with Crippen molar-refractivity contribution in [3.63, 3.8) is 0 Å². The maximum atomic E-state index is 12.7. The van der Waals surface area contributed by atoms with Crippen molar-refractivity contribution in [1.82, 2.24) is 19.3 Å². The van der Waals surface area contributed by atoms with Crippen LogP contribution in [0.15, 0.2) is 30.3 Å². The van der Waals surface area contributed by atoms with E-state index in [1.165, 1.54) is 0 Å². The molecule has 3 heterocycles. The Kier molecular flexibility index (Phi) is 5.49. The second-order valence-electron chi connectivity index (χ2n) is 8.17. The summed E-state index contributed by atoms with van der Waals surface area (Å²) >= 11 is 0. The third-order valence-corrected chi connectivity index (χ3v) is 6.34. The average molecular weight is 422 g/mol. The van der Waals surface area contributed by atoms with Gasteiger partial charge in [0.15, 0.2) is 5.78 Å². The Morgan fingerprint density at radius 2 is 1.48 bits per heavy atom. The Hall–Kier alpha value is -3.26. The first-order chi connectivity index (χ1) is 14.8. The van der Waals surface area contributed by atoms with E-state index >= 15 is 0 Å². The molecule has 1 fully saturated rings. The third kappa shape index (κ3) is 3.79. The molecule has 8 nitrogen and oxygen atoms in total. The van der Waals surface area contributed by atoms with Gasteiger partial charge in [-0.1, -0.05) is 12.1 Å². The van der Waals surface area contributed by atoms with Crippen LogP contribution in [-0.4, -0.2) is 82.0 Å². The van der Waals surface area contributed by atoms with Crippen molar-refractivity contribution >= 4 is 23.5 Å². The van der Waals surface area contributed by atoms with Crippen molar-refractivity contribution in [1.29, 1.82) is 0 Å². The van der Waals surface area contributed by atoms with Gasteiger partial charge in [0.2, 0.25) is 5.91 Å². The summed E-state index contributed by atoms with van der Waals surface area (Å²) in [5.74, 6) is -1.03. The van der Waals surface area contributed by atoms with Gasteiger partial charge in [0.25, 0.3) is 11.8 Å². The molecule has 31 heavy (non-hydrogen) atoms. The smallest absolute Gasteiger partial charge is 0.262 e. The SMILES string of the molecule is Cc1cc(C(=O)CN2CCN(C(=O)CN3C(=O)c4ccccc4C3=O)CC2)c(C)n1C. The maximum absolute atomic E-state index is 12.7. The van der Waals surface area contributed by atoms with Crippen molar-refractivity contribution in [3.05, 3.63) is 58.4 Å². The molecule has 0 unspecified atom stereocenters. The predicted molar refractivity (Wildman–Crippen MR) is 114 cm³/mol. The Bertz CT molecular complexity index is 1040. The van der Waals surface area contributed by atoms with E-state index in [9.17, 15) is 19.2 Å². The van der Waals surface area contributed by atoms with Crippen LogP contribution in [0.2, 0.25) is 0 Å². The normalized spacial score (nSPS) is 16.7. The Balaban J connectivity index is 1.31. The minimum atomic E-state index is -0.424. The molecule has 8 heteroatoms. The number of amides is 3. The van der Waals surface area contributed by atoms with Crippen LogP contribution in [-0.2, 0) is 11.8 Å². The zero-order valence-corrected chi connectivity index (χ0v) is 18.1. The summed E-state index contributed by atoms with van der Waals surface area (Å²) in [4.78, 5) is 55.1. The number of rotatable bonds is 5. The van der Waals surface area contributed by atoms with Crippen LogP contribution in [0.5, 0.6) is 0 Å². The van der Waals surface area contributed by atoms with E-state index < -0.39 is 11.8 Å². The standard InChI is InChI=1S/C23H26N4O4/c1-15-12-19(16(2)24(15)3)20(28)13-25-8-10-26(11-9-25)21(29)14-27-22(30)17-6-4-5-7-18(17)23(27)31/h4-7,12H,8-11,13-14H2,1-3H3. The van der Waals surface area contributed by atoms with Gasteiger partial charge in [0.1, 0.15) is 6.54 Å². The quantitative estimate of drug-likeness (QED) is 0.535. The summed E-state index contributed by atoms with van der Waals surface area (Å²) in [7, 11) is 1.94. The van der Waals surface area contributed by atoms with Gasteiger partial charge < -0.3 is 9.47 Å². The number of hydrogen-bond acceptors (Lipinski definition) is 5. The molecule has 0 aliphatic carbocycles. The fourth-order valence-corrected chi connectivity index (χ4v) is 4.20. The number of aromatic nitrogens is 1. The molecule has 2 aliphatic rings. The molecule has 4 rings (SSSR count). The van der Waals surface area contributed by atoms with Crippen LogP contribution in [0, 0.1) is 13.8 Å². The van der Waals surface area contributed by atoms with Gasteiger partial charge in [-0.15, -0.1) is 0 Å². The lowest BCUT2D eigenvalue weighted by atomic mass is 10.1. The highest BCUT2D eigenvalue weighted by Gasteiger charge is 2.37. The van der Waals surface area contributed by atoms with Gasteiger partial charge in [-0.05, 0) is 32.0 Å². The number of fused-ring (bicyclic) bond motifs is 1. The molecule has 2 aliphatic heterocycles. The van der Waals surface area contributed by atoms with E-state index in [1.54, 1.807) is 29.2 Å². The molecule has 0 radical (unpaired) electrons. The van der Waals surface area contributed by atoms with Crippen LogP contribution < -0.4 is 0 Å². The van der Waals surface area contributed by atoms with E-state index in [1.807, 2.05) is 36.4 Å². The van der Waals surface area contributed by atoms with Crippen LogP contribution >= 0.6 is 0 Å². The van der Waals surface area contributed by atoms with Crippen molar-refractivity contribution in [3.8, 4) is 0 Å². The topological polar surface area (TPSA) is 82.9 Å². The number of benzene rings is 1. The van der Waals surface area contributed by atoms with E-state index in [4.69, 9.17) is 0 Å². The number of carbonyl (C=O) groups is 4. The zero-order chi connectivity index (χ0) is 22.3. The number of aryl methyl sites for hydroxylation is 1. The summed E-state index contributed by atoms with van der Waals surface area (Å²) in [6.45, 7) is 6.04. The molecule has 0 N–H and O–H groups in total. The fraction of sp³-hybridized carbons (Fsp3) is 0.391. The highest BCUT2D eigenvalue weighted by molar-refractivity contribution is 6.22. The number of hydrogen-bond donors (Lipinski definition) is 0. The maximum Gasteiger partial charge on any atom is 0.262 e. The van der Waals surface area contributed by atoms with Gasteiger partial charge in [0, 0.05) is 50.2 Å². The molecule has 162 valence electrons. The predicted octanol–water partition coefficient (Wildman–Crippen LogP) is 1.27. The average Bonchev–Trinajstić information content (AvgIpc) is 3.17. The number of nitrogens with zero attached hydrogens (tertiary/aromatic N) is 4. The zero-order valence-electron chi connectivity index (χ0n) is 18.1. The first kappa shape index (κ1) is 21.0. The lowest BCUT2D eigenvalue weighted by Gasteiger charge is -2.34. The number of ketones is 1.